The van der Waals surface area contributed by atoms with Gasteiger partial charge in [0.2, 0.25) is 11.8 Å². The minimum absolute atomic E-state index is 0.0124. The minimum Gasteiger partial charge on any atom is -0.326 e. The zero-order valence-electron chi connectivity index (χ0n) is 14.3. The van der Waals surface area contributed by atoms with Crippen LogP contribution in [0.25, 0.3) is 0 Å². The van der Waals surface area contributed by atoms with Crippen LogP contribution in [0.4, 0.5) is 11.4 Å². The predicted molar refractivity (Wildman–Crippen MR) is 93.4 cm³/mol. The lowest BCUT2D eigenvalue weighted by Crippen LogP contribution is -2.36. The number of nitrogens with zero attached hydrogens (tertiary/aromatic N) is 1. The molecule has 1 aromatic carbocycles. The number of benzene rings is 1. The number of carbonyl (C=O) groups is 2. The summed E-state index contributed by atoms with van der Waals surface area (Å²) in [5, 5.41) is 5.77. The highest BCUT2D eigenvalue weighted by Crippen LogP contribution is 2.19. The normalized spacial score (nSPS) is 16.0. The van der Waals surface area contributed by atoms with E-state index < -0.39 is 5.41 Å². The van der Waals surface area contributed by atoms with E-state index in [1.165, 1.54) is 19.3 Å². The fourth-order valence-corrected chi connectivity index (χ4v) is 2.48. The first-order valence-corrected chi connectivity index (χ1v) is 8.28. The standard InChI is InChI=1S/C18H27N3O2/c1-18(2,3)17(23)20-15-9-7-14(8-10-15)19-16(22)13-21-11-5-4-6-12-21/h7-10H,4-6,11-13H2,1-3H3,(H,19,22)(H,20,23). The Kier molecular flexibility index (Phi) is 5.77. The maximum absolute atomic E-state index is 12.1. The van der Waals surface area contributed by atoms with Crippen molar-refractivity contribution in [1.82, 2.24) is 4.90 Å². The van der Waals surface area contributed by atoms with E-state index in [4.69, 9.17) is 0 Å². The number of anilines is 2. The molecule has 2 amide bonds. The third-order valence-electron chi connectivity index (χ3n) is 3.92. The molecular formula is C18H27N3O2. The second-order valence-corrected chi connectivity index (χ2v) is 7.17. The molecule has 5 heteroatoms. The van der Waals surface area contributed by atoms with Crippen LogP contribution in [0, 0.1) is 5.41 Å². The van der Waals surface area contributed by atoms with E-state index in [0.717, 1.165) is 24.5 Å². The van der Waals surface area contributed by atoms with Crippen LogP contribution >= 0.6 is 0 Å². The first kappa shape index (κ1) is 17.5. The van der Waals surface area contributed by atoms with Crippen LogP contribution in [-0.2, 0) is 9.59 Å². The van der Waals surface area contributed by atoms with E-state index in [9.17, 15) is 9.59 Å². The van der Waals surface area contributed by atoms with Crippen LogP contribution in [0.15, 0.2) is 24.3 Å². The Morgan fingerprint density at radius 2 is 1.48 bits per heavy atom. The van der Waals surface area contributed by atoms with Crippen molar-refractivity contribution in [2.75, 3.05) is 30.3 Å². The average Bonchev–Trinajstić information content (AvgIpc) is 2.49. The van der Waals surface area contributed by atoms with Gasteiger partial charge in [-0.1, -0.05) is 27.2 Å². The molecular weight excluding hydrogens is 290 g/mol. The van der Waals surface area contributed by atoms with E-state index in [1.807, 2.05) is 32.9 Å². The number of nitrogens with one attached hydrogen (secondary N) is 2. The molecule has 0 unspecified atom stereocenters. The van der Waals surface area contributed by atoms with Crippen LogP contribution in [0.5, 0.6) is 0 Å². The van der Waals surface area contributed by atoms with Crippen LogP contribution in [0.1, 0.15) is 40.0 Å². The maximum atomic E-state index is 12.1. The van der Waals surface area contributed by atoms with Crippen molar-refractivity contribution in [3.63, 3.8) is 0 Å². The quantitative estimate of drug-likeness (QED) is 0.897. The van der Waals surface area contributed by atoms with Crippen molar-refractivity contribution < 1.29 is 9.59 Å². The highest BCUT2D eigenvalue weighted by Gasteiger charge is 2.21. The van der Waals surface area contributed by atoms with Crippen molar-refractivity contribution in [3.8, 4) is 0 Å². The molecule has 1 fully saturated rings. The van der Waals surface area contributed by atoms with Gasteiger partial charge in [-0.05, 0) is 50.2 Å². The smallest absolute Gasteiger partial charge is 0.238 e. The number of hydrogen-bond acceptors (Lipinski definition) is 3. The van der Waals surface area contributed by atoms with Crippen LogP contribution in [0.2, 0.25) is 0 Å². The minimum atomic E-state index is -0.429. The second kappa shape index (κ2) is 7.59. The largest absolute Gasteiger partial charge is 0.326 e. The van der Waals surface area contributed by atoms with E-state index in [2.05, 4.69) is 15.5 Å². The molecule has 0 saturated carbocycles. The molecule has 23 heavy (non-hydrogen) atoms. The summed E-state index contributed by atoms with van der Waals surface area (Å²) >= 11 is 0. The maximum Gasteiger partial charge on any atom is 0.238 e. The average molecular weight is 317 g/mol. The van der Waals surface area contributed by atoms with Crippen molar-refractivity contribution >= 4 is 23.2 Å². The fourth-order valence-electron chi connectivity index (χ4n) is 2.48. The number of rotatable bonds is 4. The molecule has 1 aliphatic rings. The first-order valence-electron chi connectivity index (χ1n) is 8.28. The number of amides is 2. The number of hydrogen-bond donors (Lipinski definition) is 2. The molecule has 0 spiro atoms. The van der Waals surface area contributed by atoms with Crippen molar-refractivity contribution in [2.24, 2.45) is 5.41 Å². The van der Waals surface area contributed by atoms with Gasteiger partial charge in [-0.25, -0.2) is 0 Å². The molecule has 2 rings (SSSR count). The van der Waals surface area contributed by atoms with Gasteiger partial charge in [-0.3, -0.25) is 14.5 Å². The molecule has 0 aromatic heterocycles. The highest BCUT2D eigenvalue weighted by atomic mass is 16.2. The van der Waals surface area contributed by atoms with Crippen LogP contribution in [-0.4, -0.2) is 36.3 Å². The number of likely N-dealkylation sites (tertiary alicyclic amines) is 1. The highest BCUT2D eigenvalue weighted by molar-refractivity contribution is 5.95. The van der Waals surface area contributed by atoms with Gasteiger partial charge in [0.25, 0.3) is 0 Å². The Morgan fingerprint density at radius 1 is 0.957 bits per heavy atom. The van der Waals surface area contributed by atoms with Gasteiger partial charge in [0.15, 0.2) is 0 Å². The summed E-state index contributed by atoms with van der Waals surface area (Å²) in [6.07, 6.45) is 3.62. The first-order chi connectivity index (χ1) is 10.8. The van der Waals surface area contributed by atoms with Crippen LogP contribution < -0.4 is 10.6 Å². The second-order valence-electron chi connectivity index (χ2n) is 7.17. The van der Waals surface area contributed by atoms with Gasteiger partial charge in [0.1, 0.15) is 0 Å². The topological polar surface area (TPSA) is 61.4 Å². The van der Waals surface area contributed by atoms with Gasteiger partial charge in [-0.2, -0.15) is 0 Å². The number of piperidine rings is 1. The summed E-state index contributed by atoms with van der Waals surface area (Å²) in [5.41, 5.74) is 1.06. The Hall–Kier alpha value is -1.88. The molecule has 2 N–H and O–H groups in total. The molecule has 0 atom stereocenters. The zero-order valence-corrected chi connectivity index (χ0v) is 14.3. The predicted octanol–water partition coefficient (Wildman–Crippen LogP) is 3.10. The third-order valence-corrected chi connectivity index (χ3v) is 3.92. The summed E-state index contributed by atoms with van der Waals surface area (Å²) in [6, 6.07) is 7.24. The van der Waals surface area contributed by atoms with Crippen molar-refractivity contribution in [1.29, 1.82) is 0 Å². The van der Waals surface area contributed by atoms with E-state index in [1.54, 1.807) is 12.1 Å². The van der Waals surface area contributed by atoms with Crippen LogP contribution in [0.3, 0.4) is 0 Å². The molecule has 1 heterocycles. The lowest BCUT2D eigenvalue weighted by Gasteiger charge is -2.25. The lowest BCUT2D eigenvalue weighted by atomic mass is 9.95. The van der Waals surface area contributed by atoms with Gasteiger partial charge in [0.05, 0.1) is 6.54 Å². The molecule has 5 nitrogen and oxygen atoms in total. The van der Waals surface area contributed by atoms with Gasteiger partial charge < -0.3 is 10.6 Å². The summed E-state index contributed by atoms with van der Waals surface area (Å²) in [5.74, 6) is -0.0160. The number of carbonyl (C=O) groups excluding carboxylic acids is 2. The Morgan fingerprint density at radius 3 is 2.00 bits per heavy atom. The monoisotopic (exact) mass is 317 g/mol. The van der Waals surface area contributed by atoms with Crippen molar-refractivity contribution in [3.05, 3.63) is 24.3 Å². The fraction of sp³-hybridized carbons (Fsp3) is 0.556. The summed E-state index contributed by atoms with van der Waals surface area (Å²) < 4.78 is 0. The summed E-state index contributed by atoms with van der Waals surface area (Å²) in [7, 11) is 0. The summed E-state index contributed by atoms with van der Waals surface area (Å²) in [4.78, 5) is 26.2. The molecule has 1 aromatic rings. The molecule has 1 saturated heterocycles. The lowest BCUT2D eigenvalue weighted by molar-refractivity contribution is -0.123. The summed E-state index contributed by atoms with van der Waals surface area (Å²) in [6.45, 7) is 8.07. The Balaban J connectivity index is 1.84. The molecule has 0 bridgehead atoms. The van der Waals surface area contributed by atoms with Gasteiger partial charge >= 0.3 is 0 Å². The van der Waals surface area contributed by atoms with E-state index in [0.29, 0.717) is 6.54 Å². The van der Waals surface area contributed by atoms with Gasteiger partial charge in [0, 0.05) is 16.8 Å². The SMILES string of the molecule is CC(C)(C)C(=O)Nc1ccc(NC(=O)CN2CCCCC2)cc1. The Labute approximate surface area is 138 Å². The zero-order chi connectivity index (χ0) is 16.9. The third kappa shape index (κ3) is 5.67. The Bertz CT molecular complexity index is 540. The van der Waals surface area contributed by atoms with E-state index in [-0.39, 0.29) is 11.8 Å². The molecule has 0 radical (unpaired) electrons. The van der Waals surface area contributed by atoms with Gasteiger partial charge in [-0.15, -0.1) is 0 Å². The van der Waals surface area contributed by atoms with Crippen molar-refractivity contribution in [2.45, 2.75) is 40.0 Å². The molecule has 1 aliphatic heterocycles. The van der Waals surface area contributed by atoms with E-state index >= 15 is 0 Å². The molecule has 0 aliphatic carbocycles. The molecule has 126 valence electrons.